The lowest BCUT2D eigenvalue weighted by Crippen LogP contribution is -2.35. The Hall–Kier alpha value is -3.31. The van der Waals surface area contributed by atoms with E-state index in [0.717, 1.165) is 37.0 Å². The first kappa shape index (κ1) is 26.9. The molecule has 214 valence electrons. The van der Waals surface area contributed by atoms with E-state index in [2.05, 4.69) is 14.9 Å². The third-order valence-electron chi connectivity index (χ3n) is 8.55. The number of anilines is 4. The number of furan rings is 1. The lowest BCUT2D eigenvalue weighted by molar-refractivity contribution is 0.102. The fourth-order valence-corrected chi connectivity index (χ4v) is 6.83. The maximum atomic E-state index is 14.7. The summed E-state index contributed by atoms with van der Waals surface area (Å²) in [7, 11) is -3.72. The Balaban J connectivity index is 1.30. The van der Waals surface area contributed by atoms with Gasteiger partial charge in [0.05, 0.1) is 47.8 Å². The maximum Gasteiger partial charge on any atom is 0.257 e. The molecule has 3 aromatic rings. The van der Waals surface area contributed by atoms with E-state index in [9.17, 15) is 17.6 Å². The molecule has 1 atom stereocenters. The summed E-state index contributed by atoms with van der Waals surface area (Å²) in [5.41, 5.74) is 2.53. The predicted molar refractivity (Wildman–Crippen MR) is 155 cm³/mol. The van der Waals surface area contributed by atoms with Gasteiger partial charge >= 0.3 is 0 Å². The Kier molecular flexibility index (Phi) is 6.69. The van der Waals surface area contributed by atoms with E-state index < -0.39 is 28.1 Å². The molecule has 6 rings (SSSR count). The van der Waals surface area contributed by atoms with Crippen LogP contribution >= 0.6 is 0 Å². The number of aliphatic hydroxyl groups excluding tert-OH is 1. The van der Waals surface area contributed by atoms with Crippen LogP contribution in [0.1, 0.15) is 49.4 Å². The number of hydrogen-bond donors (Lipinski definition) is 3. The topological polar surface area (TPSA) is 115 Å². The van der Waals surface area contributed by atoms with Gasteiger partial charge in [-0.05, 0) is 74.4 Å². The van der Waals surface area contributed by atoms with E-state index in [1.165, 1.54) is 12.8 Å². The van der Waals surface area contributed by atoms with Crippen LogP contribution in [0.2, 0.25) is 0 Å². The van der Waals surface area contributed by atoms with Crippen LogP contribution in [0.25, 0.3) is 11.0 Å². The SMILES string of the molecule is CC1(F)CCN(c2cc(NC(=O)c3ccc(NS(=O)(=O)CCO)cc3N3CCC4(CC3)CC4)cc3ccoc23)C1. The molecule has 40 heavy (non-hydrogen) atoms. The molecule has 1 spiro atoms. The molecular weight excluding hydrogens is 535 g/mol. The van der Waals surface area contributed by atoms with Gasteiger partial charge in [-0.2, -0.15) is 0 Å². The van der Waals surface area contributed by atoms with Crippen LogP contribution in [0.15, 0.2) is 47.1 Å². The van der Waals surface area contributed by atoms with Crippen LogP contribution in [-0.2, 0) is 10.0 Å². The van der Waals surface area contributed by atoms with Crippen LogP contribution in [0, 0.1) is 5.41 Å². The zero-order valence-corrected chi connectivity index (χ0v) is 23.4. The molecule has 3 aliphatic rings. The number of nitrogens with zero attached hydrogens (tertiary/aromatic N) is 2. The average molecular weight is 571 g/mol. The van der Waals surface area contributed by atoms with Crippen molar-refractivity contribution in [3.8, 4) is 0 Å². The molecular formula is C29H35FN4O5S. The number of piperidine rings is 1. The van der Waals surface area contributed by atoms with Crippen molar-refractivity contribution in [2.45, 2.75) is 44.7 Å². The molecule has 1 saturated carbocycles. The number of sulfonamides is 1. The van der Waals surface area contributed by atoms with Gasteiger partial charge in [-0.25, -0.2) is 12.8 Å². The Bertz CT molecular complexity index is 1540. The van der Waals surface area contributed by atoms with Crippen molar-refractivity contribution < 1.29 is 27.1 Å². The number of carbonyl (C=O) groups excluding carboxylic acids is 1. The number of amides is 1. The van der Waals surface area contributed by atoms with E-state index in [0.29, 0.717) is 46.6 Å². The zero-order valence-electron chi connectivity index (χ0n) is 22.6. The quantitative estimate of drug-likeness (QED) is 0.358. The standard InChI is InChI=1S/C29H35FN4O5S/c1-28(30)7-10-34(19-28)25-18-22(16-20-4-14-39-26(20)25)31-27(36)23-3-2-21(32-40(37,38)15-13-35)17-24(23)33-11-8-29(5-6-29)9-12-33/h2-4,14,16-18,32,35H,5-13,15,19H2,1H3,(H,31,36). The molecule has 2 aliphatic heterocycles. The summed E-state index contributed by atoms with van der Waals surface area (Å²) in [5.74, 6) is -0.731. The third-order valence-corrected chi connectivity index (χ3v) is 9.82. The summed E-state index contributed by atoms with van der Waals surface area (Å²) in [6.07, 6.45) is 6.57. The van der Waals surface area contributed by atoms with Crippen molar-refractivity contribution in [3.05, 3.63) is 48.2 Å². The minimum atomic E-state index is -3.72. The first-order valence-electron chi connectivity index (χ1n) is 13.8. The molecule has 1 aromatic heterocycles. The third kappa shape index (κ3) is 5.49. The molecule has 3 fully saturated rings. The Morgan fingerprint density at radius 2 is 1.73 bits per heavy atom. The first-order chi connectivity index (χ1) is 19.1. The predicted octanol–water partition coefficient (Wildman–Crippen LogP) is 4.74. The molecule has 1 unspecified atom stereocenters. The second-order valence-corrected chi connectivity index (χ2v) is 13.6. The summed E-state index contributed by atoms with van der Waals surface area (Å²) < 4.78 is 47.5. The number of halogens is 1. The van der Waals surface area contributed by atoms with Crippen LogP contribution in [-0.4, -0.2) is 63.6 Å². The Morgan fingerprint density at radius 3 is 2.40 bits per heavy atom. The van der Waals surface area contributed by atoms with Crippen molar-refractivity contribution in [2.75, 3.05) is 58.4 Å². The smallest absolute Gasteiger partial charge is 0.257 e. The number of carbonyl (C=O) groups is 1. The highest BCUT2D eigenvalue weighted by atomic mass is 32.2. The van der Waals surface area contributed by atoms with Gasteiger partial charge in [0.1, 0.15) is 5.67 Å². The van der Waals surface area contributed by atoms with Gasteiger partial charge < -0.3 is 24.6 Å². The normalized spacial score (nSPS) is 22.2. The number of aliphatic hydroxyl groups is 1. The summed E-state index contributed by atoms with van der Waals surface area (Å²) in [6.45, 7) is 3.48. The van der Waals surface area contributed by atoms with Crippen LogP contribution in [0.3, 0.4) is 0 Å². The molecule has 1 aliphatic carbocycles. The molecule has 0 bridgehead atoms. The highest BCUT2D eigenvalue weighted by Crippen LogP contribution is 2.54. The van der Waals surface area contributed by atoms with Crippen LogP contribution in [0.5, 0.6) is 0 Å². The van der Waals surface area contributed by atoms with Crippen LogP contribution < -0.4 is 19.8 Å². The summed E-state index contributed by atoms with van der Waals surface area (Å²) in [6, 6.07) is 10.4. The number of alkyl halides is 1. The van der Waals surface area contributed by atoms with Gasteiger partial charge in [0.15, 0.2) is 5.58 Å². The summed E-state index contributed by atoms with van der Waals surface area (Å²) in [4.78, 5) is 17.8. The van der Waals surface area contributed by atoms with Gasteiger partial charge in [0, 0.05) is 37.1 Å². The van der Waals surface area contributed by atoms with E-state index >= 15 is 0 Å². The Labute approximate surface area is 233 Å². The average Bonchev–Trinajstić information content (AvgIpc) is 3.30. The van der Waals surface area contributed by atoms with Gasteiger partial charge in [-0.1, -0.05) is 0 Å². The Morgan fingerprint density at radius 1 is 1.00 bits per heavy atom. The molecule has 9 nitrogen and oxygen atoms in total. The highest BCUT2D eigenvalue weighted by molar-refractivity contribution is 7.92. The second-order valence-electron chi connectivity index (χ2n) is 11.7. The summed E-state index contributed by atoms with van der Waals surface area (Å²) in [5, 5.41) is 12.9. The summed E-state index contributed by atoms with van der Waals surface area (Å²) >= 11 is 0. The molecule has 2 aromatic carbocycles. The van der Waals surface area contributed by atoms with Gasteiger partial charge in [0.2, 0.25) is 10.0 Å². The van der Waals surface area contributed by atoms with Crippen molar-refractivity contribution in [3.63, 3.8) is 0 Å². The van der Waals surface area contributed by atoms with E-state index in [1.54, 1.807) is 31.4 Å². The van der Waals surface area contributed by atoms with Crippen molar-refractivity contribution in [2.24, 2.45) is 5.41 Å². The van der Waals surface area contributed by atoms with Crippen molar-refractivity contribution in [1.82, 2.24) is 0 Å². The number of nitrogens with one attached hydrogen (secondary N) is 2. The molecule has 2 saturated heterocycles. The van der Waals surface area contributed by atoms with Gasteiger partial charge in [0.25, 0.3) is 5.91 Å². The second kappa shape index (κ2) is 9.95. The molecule has 3 N–H and O–H groups in total. The van der Waals surface area contributed by atoms with E-state index in [4.69, 9.17) is 9.52 Å². The van der Waals surface area contributed by atoms with E-state index in [-0.39, 0.29) is 12.5 Å². The zero-order chi connectivity index (χ0) is 28.1. The fraction of sp³-hybridized carbons (Fsp3) is 0.483. The first-order valence-corrected chi connectivity index (χ1v) is 15.5. The lowest BCUT2D eigenvalue weighted by Gasteiger charge is -2.35. The number of benzene rings is 2. The molecule has 3 heterocycles. The molecule has 1 amide bonds. The van der Waals surface area contributed by atoms with Crippen molar-refractivity contribution >= 4 is 49.6 Å². The van der Waals surface area contributed by atoms with E-state index in [1.807, 2.05) is 23.1 Å². The fourth-order valence-electron chi connectivity index (χ4n) is 6.00. The minimum Gasteiger partial charge on any atom is -0.462 e. The number of fused-ring (bicyclic) bond motifs is 1. The lowest BCUT2D eigenvalue weighted by atomic mass is 9.93. The molecule has 11 heteroatoms. The molecule has 0 radical (unpaired) electrons. The number of hydrogen-bond acceptors (Lipinski definition) is 7. The van der Waals surface area contributed by atoms with Crippen molar-refractivity contribution in [1.29, 1.82) is 0 Å². The number of rotatable bonds is 8. The van der Waals surface area contributed by atoms with Gasteiger partial charge in [-0.15, -0.1) is 0 Å². The monoisotopic (exact) mass is 570 g/mol. The maximum absolute atomic E-state index is 14.7. The van der Waals surface area contributed by atoms with Crippen LogP contribution in [0.4, 0.5) is 27.1 Å². The highest BCUT2D eigenvalue weighted by Gasteiger charge is 2.44. The van der Waals surface area contributed by atoms with Gasteiger partial charge in [-0.3, -0.25) is 9.52 Å². The largest absolute Gasteiger partial charge is 0.462 e. The minimum absolute atomic E-state index is 0.244.